The zero-order valence-electron chi connectivity index (χ0n) is 4.12. The fraction of sp³-hybridized carbons (Fsp3) is 1.00. The number of hydrogen-bond acceptors (Lipinski definition) is 0. The van der Waals surface area contributed by atoms with Crippen molar-refractivity contribution in [3.63, 3.8) is 0 Å². The molecule has 0 fully saturated rings. The molecule has 0 aliphatic rings. The van der Waals surface area contributed by atoms with E-state index in [1.54, 1.807) is 7.96 Å². The normalized spacial score (nSPS) is 6.80. The van der Waals surface area contributed by atoms with E-state index in [9.17, 15) is 0 Å². The summed E-state index contributed by atoms with van der Waals surface area (Å²) in [6, 6.07) is 0. The molecule has 0 nitrogen and oxygen atoms in total. The van der Waals surface area contributed by atoms with Gasteiger partial charge in [0.05, 0.1) is 0 Å². The Kier molecular flexibility index (Phi) is 5.83. The molecule has 0 amide bonds. The van der Waals surface area contributed by atoms with Crippen LogP contribution in [-0.2, 0) is 24.2 Å². The molecule has 0 aliphatic carbocycles. The summed E-state index contributed by atoms with van der Waals surface area (Å²) in [4.78, 5) is 0. The molecule has 0 rings (SSSR count). The summed E-state index contributed by atoms with van der Waals surface area (Å²) < 4.78 is 3.11. The molecule has 0 atom stereocenters. The number of rotatable bonds is 2. The molecule has 28 valence electrons. The molecule has 0 aromatic rings. The third kappa shape index (κ3) is 4.92. The van der Waals surface area contributed by atoms with Crippen LogP contribution in [0.4, 0.5) is 0 Å². The standard InChI is InChI=1S/2C2H5.Cd/c2*1-2;/h2*1H2,2H3;. The van der Waals surface area contributed by atoms with Crippen LogP contribution in [0, 0.1) is 0 Å². The van der Waals surface area contributed by atoms with Crippen LogP contribution in [0.25, 0.3) is 0 Å². The maximum absolute atomic E-state index is 2.31. The van der Waals surface area contributed by atoms with Crippen molar-refractivity contribution in [3.05, 3.63) is 0 Å². The third-order valence-electron chi connectivity index (χ3n) is 0.707. The van der Waals surface area contributed by atoms with Gasteiger partial charge in [0.1, 0.15) is 0 Å². The first-order valence-corrected chi connectivity index (χ1v) is 8.12. The summed E-state index contributed by atoms with van der Waals surface area (Å²) in [5, 5.41) is 0. The van der Waals surface area contributed by atoms with Gasteiger partial charge in [-0.15, -0.1) is 0 Å². The summed E-state index contributed by atoms with van der Waals surface area (Å²) in [5.74, 6) is 0. The molecule has 0 aromatic carbocycles. The van der Waals surface area contributed by atoms with Crippen LogP contribution in [0.5, 0.6) is 0 Å². The first-order valence-electron chi connectivity index (χ1n) is 2.41. The van der Waals surface area contributed by atoms with Crippen LogP contribution in [0.2, 0.25) is 7.96 Å². The molecule has 0 heterocycles. The van der Waals surface area contributed by atoms with Gasteiger partial charge in [-0.2, -0.15) is 0 Å². The monoisotopic (exact) mass is 172 g/mol. The summed E-state index contributed by atoms with van der Waals surface area (Å²) in [7, 11) is 0. The van der Waals surface area contributed by atoms with Crippen molar-refractivity contribution in [3.8, 4) is 0 Å². The molecule has 5 heavy (non-hydrogen) atoms. The van der Waals surface area contributed by atoms with E-state index in [4.69, 9.17) is 0 Å². The van der Waals surface area contributed by atoms with Crippen LogP contribution >= 0.6 is 0 Å². The van der Waals surface area contributed by atoms with E-state index in [0.29, 0.717) is 0 Å². The first kappa shape index (κ1) is 5.92. The fourth-order valence-electron chi connectivity index (χ4n) is 0.354. The van der Waals surface area contributed by atoms with Gasteiger partial charge < -0.3 is 0 Å². The second-order valence-corrected chi connectivity index (χ2v) is 9.08. The average Bonchev–Trinajstić information content (AvgIpc) is 1.41. The molecule has 1 heteroatoms. The van der Waals surface area contributed by atoms with Crippen molar-refractivity contribution in [2.75, 3.05) is 0 Å². The Morgan fingerprint density at radius 3 is 1.60 bits per heavy atom. The van der Waals surface area contributed by atoms with Crippen molar-refractivity contribution < 1.29 is 24.2 Å². The molecule has 0 unspecified atom stereocenters. The average molecular weight is 171 g/mol. The molecule has 0 radical (unpaired) electrons. The minimum atomic E-state index is -0.0578. The van der Waals surface area contributed by atoms with Crippen molar-refractivity contribution in [1.82, 2.24) is 0 Å². The van der Waals surface area contributed by atoms with Gasteiger partial charge in [0.25, 0.3) is 0 Å². The van der Waals surface area contributed by atoms with Crippen LogP contribution in [0.15, 0.2) is 0 Å². The van der Waals surface area contributed by atoms with Gasteiger partial charge in [-0.3, -0.25) is 0 Å². The van der Waals surface area contributed by atoms with E-state index in [2.05, 4.69) is 13.8 Å². The quantitative estimate of drug-likeness (QED) is 0.556. The first-order chi connectivity index (χ1) is 2.41. The Labute approximate surface area is 46.2 Å². The molecule has 0 saturated heterocycles. The van der Waals surface area contributed by atoms with Crippen molar-refractivity contribution >= 4 is 0 Å². The van der Waals surface area contributed by atoms with Gasteiger partial charge >= 0.3 is 46.0 Å². The van der Waals surface area contributed by atoms with Gasteiger partial charge in [-0.05, 0) is 0 Å². The Hall–Kier alpha value is 0.922. The van der Waals surface area contributed by atoms with Crippen LogP contribution < -0.4 is 0 Å². The van der Waals surface area contributed by atoms with Crippen molar-refractivity contribution in [1.29, 1.82) is 0 Å². The predicted octanol–water partition coefficient (Wildman–Crippen LogP) is 1.95. The summed E-state index contributed by atoms with van der Waals surface area (Å²) in [6.07, 6.45) is 0. The molecule has 0 spiro atoms. The fourth-order valence-corrected chi connectivity index (χ4v) is 2.37. The Balaban J connectivity index is 2.19. The second kappa shape index (κ2) is 4.92. The zero-order chi connectivity index (χ0) is 4.12. The Morgan fingerprint density at radius 1 is 1.20 bits per heavy atom. The topological polar surface area (TPSA) is 0 Å². The van der Waals surface area contributed by atoms with E-state index in [1.807, 2.05) is 0 Å². The molecule has 0 aromatic heterocycles. The predicted molar refractivity (Wildman–Crippen MR) is 21.0 cm³/mol. The van der Waals surface area contributed by atoms with Crippen molar-refractivity contribution in [2.24, 2.45) is 0 Å². The Bertz CT molecular complexity index is 11.1. The molecule has 0 saturated carbocycles. The molecular formula is C4H10Cd. The molecule has 0 aliphatic heterocycles. The summed E-state index contributed by atoms with van der Waals surface area (Å²) in [5.41, 5.74) is 0. The van der Waals surface area contributed by atoms with E-state index in [1.165, 1.54) is 0 Å². The van der Waals surface area contributed by atoms with Crippen LogP contribution in [0.1, 0.15) is 13.8 Å². The third-order valence-corrected chi connectivity index (χ3v) is 4.74. The SMILES string of the molecule is C[CH2][Cd][CH2]C. The second-order valence-electron chi connectivity index (χ2n) is 1.35. The van der Waals surface area contributed by atoms with E-state index < -0.39 is 0 Å². The van der Waals surface area contributed by atoms with Gasteiger partial charge in [0.2, 0.25) is 0 Å². The van der Waals surface area contributed by atoms with E-state index in [-0.39, 0.29) is 24.2 Å². The van der Waals surface area contributed by atoms with Gasteiger partial charge in [0, 0.05) is 0 Å². The zero-order valence-corrected chi connectivity index (χ0v) is 8.16. The minimum absolute atomic E-state index is 0.0578. The molecule has 0 N–H and O–H groups in total. The van der Waals surface area contributed by atoms with Crippen LogP contribution in [-0.4, -0.2) is 0 Å². The van der Waals surface area contributed by atoms with Gasteiger partial charge in [0.15, 0.2) is 0 Å². The summed E-state index contributed by atoms with van der Waals surface area (Å²) in [6.45, 7) is 4.61. The van der Waals surface area contributed by atoms with Gasteiger partial charge in [-0.25, -0.2) is 0 Å². The Morgan fingerprint density at radius 2 is 1.60 bits per heavy atom. The molecular weight excluding hydrogens is 160 g/mol. The molecule has 0 bridgehead atoms. The van der Waals surface area contributed by atoms with Crippen molar-refractivity contribution in [2.45, 2.75) is 21.8 Å². The van der Waals surface area contributed by atoms with E-state index in [0.717, 1.165) is 0 Å². The maximum atomic E-state index is 2.31. The number of hydrogen-bond donors (Lipinski definition) is 0. The van der Waals surface area contributed by atoms with Crippen LogP contribution in [0.3, 0.4) is 0 Å². The van der Waals surface area contributed by atoms with Gasteiger partial charge in [-0.1, -0.05) is 0 Å². The van der Waals surface area contributed by atoms with E-state index >= 15 is 0 Å². The summed E-state index contributed by atoms with van der Waals surface area (Å²) >= 11 is -0.0578.